The first-order valence-electron chi connectivity index (χ1n) is 5.34. The van der Waals surface area contributed by atoms with Crippen LogP contribution < -0.4 is 4.74 Å². The Hall–Kier alpha value is -0.510. The van der Waals surface area contributed by atoms with Crippen LogP contribution in [-0.4, -0.2) is 7.11 Å². The third-order valence-corrected chi connectivity index (χ3v) is 4.01. The van der Waals surface area contributed by atoms with Crippen molar-refractivity contribution in [1.82, 2.24) is 0 Å². The summed E-state index contributed by atoms with van der Waals surface area (Å²) in [4.78, 5) is 0. The van der Waals surface area contributed by atoms with E-state index >= 15 is 0 Å². The lowest BCUT2D eigenvalue weighted by molar-refractivity contribution is 0.414. The standard InChI is InChI=1S/C14H11Br2ClO/c1-18-13-4-2-9(3-5-13)14(17)10-6-11(15)8-12(16)7-10/h2-8,14H,1H3. The van der Waals surface area contributed by atoms with Crippen LogP contribution in [0.25, 0.3) is 0 Å². The van der Waals surface area contributed by atoms with E-state index in [0.717, 1.165) is 25.8 Å². The molecule has 0 N–H and O–H groups in total. The van der Waals surface area contributed by atoms with E-state index in [9.17, 15) is 0 Å². The van der Waals surface area contributed by atoms with Crippen molar-refractivity contribution in [2.75, 3.05) is 7.11 Å². The lowest BCUT2D eigenvalue weighted by atomic mass is 10.0. The van der Waals surface area contributed by atoms with Crippen molar-refractivity contribution in [2.45, 2.75) is 5.38 Å². The average Bonchev–Trinajstić information content (AvgIpc) is 2.37. The summed E-state index contributed by atoms with van der Waals surface area (Å²) >= 11 is 13.4. The average molecular weight is 391 g/mol. The summed E-state index contributed by atoms with van der Waals surface area (Å²) in [6, 6.07) is 13.8. The molecular formula is C14H11Br2ClO. The first-order valence-corrected chi connectivity index (χ1v) is 7.36. The summed E-state index contributed by atoms with van der Waals surface area (Å²) in [5, 5.41) is -0.176. The van der Waals surface area contributed by atoms with Crippen LogP contribution in [0.4, 0.5) is 0 Å². The Kier molecular flexibility index (Phi) is 4.71. The van der Waals surface area contributed by atoms with Gasteiger partial charge in [0.05, 0.1) is 12.5 Å². The molecule has 1 unspecified atom stereocenters. The van der Waals surface area contributed by atoms with Gasteiger partial charge >= 0.3 is 0 Å². The van der Waals surface area contributed by atoms with Gasteiger partial charge in [0.25, 0.3) is 0 Å². The van der Waals surface area contributed by atoms with Crippen LogP contribution in [0.3, 0.4) is 0 Å². The summed E-state index contributed by atoms with van der Waals surface area (Å²) in [7, 11) is 1.65. The monoisotopic (exact) mass is 388 g/mol. The molecule has 0 amide bonds. The molecule has 0 bridgehead atoms. The van der Waals surface area contributed by atoms with Crippen LogP contribution in [-0.2, 0) is 0 Å². The molecule has 4 heteroatoms. The maximum absolute atomic E-state index is 6.49. The topological polar surface area (TPSA) is 9.23 Å². The summed E-state index contributed by atoms with van der Waals surface area (Å²) < 4.78 is 7.15. The molecule has 2 aromatic rings. The maximum atomic E-state index is 6.49. The molecule has 0 aliphatic carbocycles. The van der Waals surface area contributed by atoms with E-state index < -0.39 is 0 Å². The van der Waals surface area contributed by atoms with Gasteiger partial charge in [0.1, 0.15) is 5.75 Å². The first kappa shape index (κ1) is 13.9. The zero-order chi connectivity index (χ0) is 13.1. The molecule has 2 aromatic carbocycles. The smallest absolute Gasteiger partial charge is 0.118 e. The molecular weight excluding hydrogens is 379 g/mol. The molecule has 0 aliphatic rings. The Bertz CT molecular complexity index is 520. The Balaban J connectivity index is 2.31. The van der Waals surface area contributed by atoms with E-state index in [0.29, 0.717) is 0 Å². The molecule has 0 fully saturated rings. The van der Waals surface area contributed by atoms with Crippen molar-refractivity contribution in [1.29, 1.82) is 0 Å². The maximum Gasteiger partial charge on any atom is 0.118 e. The van der Waals surface area contributed by atoms with Gasteiger partial charge in [-0.3, -0.25) is 0 Å². The third kappa shape index (κ3) is 3.28. The largest absolute Gasteiger partial charge is 0.497 e. The molecule has 0 saturated carbocycles. The van der Waals surface area contributed by atoms with Crippen molar-refractivity contribution >= 4 is 43.5 Å². The minimum atomic E-state index is -0.176. The van der Waals surface area contributed by atoms with Gasteiger partial charge in [-0.15, -0.1) is 11.6 Å². The molecule has 94 valence electrons. The molecule has 1 atom stereocenters. The lowest BCUT2D eigenvalue weighted by Crippen LogP contribution is -1.94. The molecule has 2 rings (SSSR count). The Morgan fingerprint density at radius 2 is 1.50 bits per heavy atom. The van der Waals surface area contributed by atoms with Crippen LogP contribution in [0.1, 0.15) is 16.5 Å². The summed E-state index contributed by atoms with van der Waals surface area (Å²) in [6.45, 7) is 0. The zero-order valence-electron chi connectivity index (χ0n) is 9.66. The molecule has 0 aliphatic heterocycles. The van der Waals surface area contributed by atoms with Crippen molar-refractivity contribution < 1.29 is 4.74 Å². The third-order valence-electron chi connectivity index (χ3n) is 2.59. The van der Waals surface area contributed by atoms with Crippen LogP contribution in [0.2, 0.25) is 0 Å². The molecule has 0 aromatic heterocycles. The van der Waals surface area contributed by atoms with Gasteiger partial charge in [0.2, 0.25) is 0 Å². The highest BCUT2D eigenvalue weighted by atomic mass is 79.9. The SMILES string of the molecule is COc1ccc(C(Cl)c2cc(Br)cc(Br)c2)cc1. The highest BCUT2D eigenvalue weighted by Crippen LogP contribution is 2.33. The van der Waals surface area contributed by atoms with E-state index in [1.807, 2.05) is 42.5 Å². The minimum Gasteiger partial charge on any atom is -0.497 e. The van der Waals surface area contributed by atoms with Gasteiger partial charge in [0, 0.05) is 8.95 Å². The molecule has 0 spiro atoms. The van der Waals surface area contributed by atoms with Crippen molar-refractivity contribution in [3.05, 3.63) is 62.5 Å². The van der Waals surface area contributed by atoms with E-state index in [1.165, 1.54) is 0 Å². The van der Waals surface area contributed by atoms with Crippen LogP contribution in [0.15, 0.2) is 51.4 Å². The van der Waals surface area contributed by atoms with Gasteiger partial charge in [-0.2, -0.15) is 0 Å². The molecule has 0 heterocycles. The number of methoxy groups -OCH3 is 1. The van der Waals surface area contributed by atoms with Crippen molar-refractivity contribution in [2.24, 2.45) is 0 Å². The zero-order valence-corrected chi connectivity index (χ0v) is 13.6. The van der Waals surface area contributed by atoms with Crippen molar-refractivity contribution in [3.63, 3.8) is 0 Å². The number of hydrogen-bond donors (Lipinski definition) is 0. The Morgan fingerprint density at radius 1 is 0.944 bits per heavy atom. The van der Waals surface area contributed by atoms with Gasteiger partial charge in [-0.25, -0.2) is 0 Å². The molecule has 1 nitrogen and oxygen atoms in total. The number of benzene rings is 2. The normalized spacial score (nSPS) is 12.2. The summed E-state index contributed by atoms with van der Waals surface area (Å²) in [5.74, 6) is 0.832. The number of alkyl halides is 1. The highest BCUT2D eigenvalue weighted by Gasteiger charge is 2.12. The molecule has 0 saturated heterocycles. The predicted octanol–water partition coefficient (Wildman–Crippen LogP) is 5.55. The second kappa shape index (κ2) is 6.09. The number of rotatable bonds is 3. The van der Waals surface area contributed by atoms with Gasteiger partial charge in [0.15, 0.2) is 0 Å². The van der Waals surface area contributed by atoms with Crippen LogP contribution >= 0.6 is 43.5 Å². The molecule has 18 heavy (non-hydrogen) atoms. The Morgan fingerprint density at radius 3 is 2.00 bits per heavy atom. The van der Waals surface area contributed by atoms with Gasteiger partial charge in [-0.05, 0) is 41.5 Å². The summed E-state index contributed by atoms with van der Waals surface area (Å²) in [5.41, 5.74) is 2.09. The van der Waals surface area contributed by atoms with E-state index in [4.69, 9.17) is 16.3 Å². The quantitative estimate of drug-likeness (QED) is 0.625. The van der Waals surface area contributed by atoms with Gasteiger partial charge in [-0.1, -0.05) is 44.0 Å². The molecule has 0 radical (unpaired) electrons. The number of hydrogen-bond acceptors (Lipinski definition) is 1. The fourth-order valence-corrected chi connectivity index (χ4v) is 3.29. The lowest BCUT2D eigenvalue weighted by Gasteiger charge is -2.12. The highest BCUT2D eigenvalue weighted by molar-refractivity contribution is 9.11. The second-order valence-electron chi connectivity index (χ2n) is 3.84. The fourth-order valence-electron chi connectivity index (χ4n) is 1.69. The fraction of sp³-hybridized carbons (Fsp3) is 0.143. The number of ether oxygens (including phenoxy) is 1. The van der Waals surface area contributed by atoms with Crippen LogP contribution in [0, 0.1) is 0 Å². The van der Waals surface area contributed by atoms with Gasteiger partial charge < -0.3 is 4.74 Å². The van der Waals surface area contributed by atoms with Crippen molar-refractivity contribution in [3.8, 4) is 5.75 Å². The Labute approximate surface area is 128 Å². The van der Waals surface area contributed by atoms with E-state index in [1.54, 1.807) is 7.11 Å². The predicted molar refractivity (Wildman–Crippen MR) is 82.5 cm³/mol. The minimum absolute atomic E-state index is 0.176. The first-order chi connectivity index (χ1) is 8.60. The summed E-state index contributed by atoms with van der Waals surface area (Å²) in [6.07, 6.45) is 0. The second-order valence-corrected chi connectivity index (χ2v) is 6.11. The van der Waals surface area contributed by atoms with E-state index in [2.05, 4.69) is 31.9 Å². The van der Waals surface area contributed by atoms with E-state index in [-0.39, 0.29) is 5.38 Å². The number of halogens is 3. The van der Waals surface area contributed by atoms with Crippen LogP contribution in [0.5, 0.6) is 5.75 Å².